The second kappa shape index (κ2) is 6.07. The van der Waals surface area contributed by atoms with Crippen LogP contribution in [0.4, 0.5) is 11.4 Å². The molecule has 0 N–H and O–H groups in total. The molecule has 20 heavy (non-hydrogen) atoms. The number of rotatable bonds is 3. The van der Waals surface area contributed by atoms with Crippen molar-refractivity contribution < 1.29 is 4.92 Å². The average Bonchev–Trinajstić information content (AvgIpc) is 2.46. The summed E-state index contributed by atoms with van der Waals surface area (Å²) in [4.78, 5) is 14.7. The van der Waals surface area contributed by atoms with Crippen molar-refractivity contribution in [2.24, 2.45) is 0 Å². The summed E-state index contributed by atoms with van der Waals surface area (Å²) >= 11 is 6.12. The maximum atomic E-state index is 11.1. The Morgan fingerprint density at radius 2 is 2.05 bits per heavy atom. The van der Waals surface area contributed by atoms with Crippen LogP contribution in [0.2, 0.25) is 5.02 Å². The Kier molecular flexibility index (Phi) is 4.42. The van der Waals surface area contributed by atoms with E-state index in [1.54, 1.807) is 12.1 Å². The van der Waals surface area contributed by atoms with E-state index in [9.17, 15) is 10.1 Å². The molecular formula is C13H15ClN4O2. The predicted molar refractivity (Wildman–Crippen MR) is 77.0 cm³/mol. The van der Waals surface area contributed by atoms with Crippen LogP contribution in [-0.2, 0) is 0 Å². The molecule has 0 aromatic heterocycles. The summed E-state index contributed by atoms with van der Waals surface area (Å²) in [6, 6.07) is 6.77. The van der Waals surface area contributed by atoms with Gasteiger partial charge in [0.05, 0.1) is 22.1 Å². The lowest BCUT2D eigenvalue weighted by Gasteiger charge is -2.37. The van der Waals surface area contributed by atoms with Crippen LogP contribution in [0.5, 0.6) is 0 Å². The zero-order valence-corrected chi connectivity index (χ0v) is 11.9. The van der Waals surface area contributed by atoms with Gasteiger partial charge in [0, 0.05) is 32.2 Å². The van der Waals surface area contributed by atoms with Crippen LogP contribution >= 0.6 is 11.6 Å². The number of nitrogens with zero attached hydrogens (tertiary/aromatic N) is 4. The van der Waals surface area contributed by atoms with Gasteiger partial charge in [-0.25, -0.2) is 0 Å². The van der Waals surface area contributed by atoms with Gasteiger partial charge < -0.3 is 4.90 Å². The topological polar surface area (TPSA) is 73.4 Å². The standard InChI is InChI=1S/C13H15ClN4O2/c1-10(9-15)16-5-7-17(8-6-16)13-11(14)3-2-4-12(13)18(19)20/h2-4,10H,5-8H2,1H3. The van der Waals surface area contributed by atoms with Gasteiger partial charge in [0.15, 0.2) is 0 Å². The number of nitro benzene ring substituents is 1. The maximum absolute atomic E-state index is 11.1. The van der Waals surface area contributed by atoms with E-state index in [1.165, 1.54) is 6.07 Å². The molecule has 1 aromatic carbocycles. The SMILES string of the molecule is CC(C#N)N1CCN(c2c(Cl)cccc2[N+](=O)[O-])CC1. The van der Waals surface area contributed by atoms with E-state index in [2.05, 4.69) is 11.0 Å². The van der Waals surface area contributed by atoms with Crippen molar-refractivity contribution in [3.05, 3.63) is 33.3 Å². The number of para-hydroxylation sites is 1. The van der Waals surface area contributed by atoms with Gasteiger partial charge in [0.25, 0.3) is 5.69 Å². The van der Waals surface area contributed by atoms with E-state index in [1.807, 2.05) is 11.8 Å². The number of hydrogen-bond acceptors (Lipinski definition) is 5. The summed E-state index contributed by atoms with van der Waals surface area (Å²) in [6.45, 7) is 4.48. The molecule has 0 spiro atoms. The zero-order chi connectivity index (χ0) is 14.7. The minimum atomic E-state index is -0.411. The van der Waals surface area contributed by atoms with Crippen LogP contribution in [0.3, 0.4) is 0 Å². The summed E-state index contributed by atoms with van der Waals surface area (Å²) in [6.07, 6.45) is 0. The quantitative estimate of drug-likeness (QED) is 0.631. The molecule has 2 rings (SSSR count). The molecule has 1 fully saturated rings. The Balaban J connectivity index is 2.19. The number of hydrogen-bond donors (Lipinski definition) is 0. The first kappa shape index (κ1) is 14.6. The number of benzene rings is 1. The first-order valence-corrected chi connectivity index (χ1v) is 6.74. The van der Waals surface area contributed by atoms with Crippen LogP contribution in [0.25, 0.3) is 0 Å². The average molecular weight is 295 g/mol. The van der Waals surface area contributed by atoms with Gasteiger partial charge in [-0.1, -0.05) is 17.7 Å². The van der Waals surface area contributed by atoms with Crippen molar-refractivity contribution in [2.45, 2.75) is 13.0 Å². The summed E-state index contributed by atoms with van der Waals surface area (Å²) in [5.74, 6) is 0. The van der Waals surface area contributed by atoms with Gasteiger partial charge in [-0.05, 0) is 13.0 Å². The highest BCUT2D eigenvalue weighted by Crippen LogP contribution is 2.35. The highest BCUT2D eigenvalue weighted by Gasteiger charge is 2.27. The summed E-state index contributed by atoms with van der Waals surface area (Å²) < 4.78 is 0. The monoisotopic (exact) mass is 294 g/mol. The van der Waals surface area contributed by atoms with E-state index >= 15 is 0 Å². The van der Waals surface area contributed by atoms with Crippen molar-refractivity contribution in [3.63, 3.8) is 0 Å². The van der Waals surface area contributed by atoms with Gasteiger partial charge in [-0.2, -0.15) is 5.26 Å². The Labute approximate surface area is 122 Å². The largest absolute Gasteiger partial charge is 0.362 e. The molecule has 0 radical (unpaired) electrons. The molecular weight excluding hydrogens is 280 g/mol. The minimum Gasteiger partial charge on any atom is -0.362 e. The van der Waals surface area contributed by atoms with Crippen molar-refractivity contribution in [2.75, 3.05) is 31.1 Å². The molecule has 1 aliphatic heterocycles. The van der Waals surface area contributed by atoms with E-state index < -0.39 is 4.92 Å². The third-order valence-electron chi connectivity index (χ3n) is 3.53. The molecule has 1 atom stereocenters. The lowest BCUT2D eigenvalue weighted by atomic mass is 10.2. The van der Waals surface area contributed by atoms with Gasteiger partial charge in [-0.3, -0.25) is 15.0 Å². The molecule has 1 unspecified atom stereocenters. The molecule has 1 aliphatic rings. The molecule has 0 bridgehead atoms. The Morgan fingerprint density at radius 3 is 2.60 bits per heavy atom. The molecule has 106 valence electrons. The van der Waals surface area contributed by atoms with Gasteiger partial charge >= 0.3 is 0 Å². The van der Waals surface area contributed by atoms with E-state index in [4.69, 9.17) is 16.9 Å². The van der Waals surface area contributed by atoms with Crippen molar-refractivity contribution >= 4 is 23.0 Å². The summed E-state index contributed by atoms with van der Waals surface area (Å²) in [5, 5.41) is 20.4. The van der Waals surface area contributed by atoms with E-state index in [0.717, 1.165) is 0 Å². The second-order valence-corrected chi connectivity index (χ2v) is 5.10. The number of halogens is 1. The molecule has 0 aliphatic carbocycles. The minimum absolute atomic E-state index is 0.0271. The fourth-order valence-corrected chi connectivity index (χ4v) is 2.67. The first-order chi connectivity index (χ1) is 9.54. The molecule has 1 saturated heterocycles. The third-order valence-corrected chi connectivity index (χ3v) is 3.83. The Bertz CT molecular complexity index is 550. The molecule has 1 heterocycles. The summed E-state index contributed by atoms with van der Waals surface area (Å²) in [5.41, 5.74) is 0.503. The lowest BCUT2D eigenvalue weighted by Crippen LogP contribution is -2.49. The highest BCUT2D eigenvalue weighted by atomic mass is 35.5. The van der Waals surface area contributed by atoms with Crippen molar-refractivity contribution in [1.29, 1.82) is 5.26 Å². The number of piperazine rings is 1. The maximum Gasteiger partial charge on any atom is 0.294 e. The van der Waals surface area contributed by atoms with Crippen LogP contribution in [-0.4, -0.2) is 42.0 Å². The van der Waals surface area contributed by atoms with Crippen molar-refractivity contribution in [1.82, 2.24) is 4.90 Å². The fraction of sp³-hybridized carbons (Fsp3) is 0.462. The summed E-state index contributed by atoms with van der Waals surface area (Å²) in [7, 11) is 0. The fourth-order valence-electron chi connectivity index (χ4n) is 2.38. The second-order valence-electron chi connectivity index (χ2n) is 4.69. The number of nitriles is 1. The molecule has 7 heteroatoms. The highest BCUT2D eigenvalue weighted by molar-refractivity contribution is 6.33. The normalized spacial score (nSPS) is 17.6. The first-order valence-electron chi connectivity index (χ1n) is 6.36. The zero-order valence-electron chi connectivity index (χ0n) is 11.1. The van der Waals surface area contributed by atoms with E-state index in [0.29, 0.717) is 36.9 Å². The van der Waals surface area contributed by atoms with Gasteiger partial charge in [0.2, 0.25) is 0 Å². The van der Waals surface area contributed by atoms with E-state index in [-0.39, 0.29) is 11.7 Å². The molecule has 0 saturated carbocycles. The Morgan fingerprint density at radius 1 is 1.40 bits per heavy atom. The van der Waals surface area contributed by atoms with Crippen LogP contribution in [0.15, 0.2) is 18.2 Å². The smallest absolute Gasteiger partial charge is 0.294 e. The van der Waals surface area contributed by atoms with Crippen molar-refractivity contribution in [3.8, 4) is 6.07 Å². The molecule has 6 nitrogen and oxygen atoms in total. The van der Waals surface area contributed by atoms with Gasteiger partial charge in [-0.15, -0.1) is 0 Å². The third kappa shape index (κ3) is 2.84. The van der Waals surface area contributed by atoms with Crippen LogP contribution in [0, 0.1) is 21.4 Å². The predicted octanol–water partition coefficient (Wildman–Crippen LogP) is 2.28. The molecule has 0 amide bonds. The number of anilines is 1. The Hall–Kier alpha value is -1.84. The van der Waals surface area contributed by atoms with Crippen LogP contribution < -0.4 is 4.90 Å². The van der Waals surface area contributed by atoms with Gasteiger partial charge in [0.1, 0.15) is 5.69 Å². The molecule has 1 aromatic rings. The lowest BCUT2D eigenvalue weighted by molar-refractivity contribution is -0.384. The number of nitro groups is 1. The van der Waals surface area contributed by atoms with Crippen LogP contribution in [0.1, 0.15) is 6.92 Å².